The molecule has 1 aromatic carbocycles. The number of ether oxygens (including phenoxy) is 1. The van der Waals surface area contributed by atoms with Gasteiger partial charge in [-0.3, -0.25) is 9.20 Å². The first-order valence-electron chi connectivity index (χ1n) is 9.77. The zero-order valence-electron chi connectivity index (χ0n) is 16.7. The van der Waals surface area contributed by atoms with Crippen molar-refractivity contribution in [3.05, 3.63) is 58.0 Å². The van der Waals surface area contributed by atoms with Gasteiger partial charge in [0.05, 0.1) is 18.5 Å². The van der Waals surface area contributed by atoms with Crippen molar-refractivity contribution in [1.29, 1.82) is 0 Å². The third-order valence-corrected chi connectivity index (χ3v) is 5.40. The van der Waals surface area contributed by atoms with Crippen LogP contribution in [0.25, 0.3) is 16.9 Å². The summed E-state index contributed by atoms with van der Waals surface area (Å²) in [4.78, 5) is 20.0. The molecule has 28 heavy (non-hydrogen) atoms. The number of pyridine rings is 1. The summed E-state index contributed by atoms with van der Waals surface area (Å²) < 4.78 is 7.06. The van der Waals surface area contributed by atoms with Gasteiger partial charge >= 0.3 is 0 Å². The van der Waals surface area contributed by atoms with E-state index in [1.165, 1.54) is 0 Å². The van der Waals surface area contributed by atoms with E-state index in [9.17, 15) is 4.79 Å². The zero-order valence-corrected chi connectivity index (χ0v) is 16.7. The van der Waals surface area contributed by atoms with Crippen LogP contribution in [0.2, 0.25) is 0 Å². The Balaban J connectivity index is 1.80. The van der Waals surface area contributed by atoms with Crippen LogP contribution in [0.3, 0.4) is 0 Å². The monoisotopic (exact) mass is 378 g/mol. The molecule has 4 rings (SSSR count). The van der Waals surface area contributed by atoms with Gasteiger partial charge in [-0.1, -0.05) is 6.92 Å². The van der Waals surface area contributed by atoms with Crippen molar-refractivity contribution < 1.29 is 4.74 Å². The van der Waals surface area contributed by atoms with Crippen molar-refractivity contribution >= 4 is 11.3 Å². The summed E-state index contributed by atoms with van der Waals surface area (Å²) in [5.41, 5.74) is 5.57. The van der Waals surface area contributed by atoms with Crippen LogP contribution in [-0.4, -0.2) is 42.7 Å². The predicted molar refractivity (Wildman–Crippen MR) is 113 cm³/mol. The van der Waals surface area contributed by atoms with Gasteiger partial charge in [0.2, 0.25) is 0 Å². The molecule has 0 radical (unpaired) electrons. The van der Waals surface area contributed by atoms with Gasteiger partial charge in [0, 0.05) is 44.0 Å². The van der Waals surface area contributed by atoms with Crippen molar-refractivity contribution in [3.8, 4) is 17.0 Å². The first kappa shape index (κ1) is 18.5. The minimum atomic E-state index is -0.0646. The van der Waals surface area contributed by atoms with Crippen LogP contribution in [0.5, 0.6) is 5.75 Å². The summed E-state index contributed by atoms with van der Waals surface area (Å²) in [5, 5.41) is 3.36. The second kappa shape index (κ2) is 7.64. The molecule has 6 nitrogen and oxygen atoms in total. The molecule has 0 saturated carbocycles. The van der Waals surface area contributed by atoms with Crippen LogP contribution in [0.15, 0.2) is 41.3 Å². The lowest BCUT2D eigenvalue weighted by Crippen LogP contribution is -2.44. The van der Waals surface area contributed by atoms with Crippen LogP contribution in [-0.2, 0) is 6.42 Å². The molecule has 3 heterocycles. The van der Waals surface area contributed by atoms with Crippen molar-refractivity contribution in [3.63, 3.8) is 0 Å². The Hall–Kier alpha value is -2.86. The number of anilines is 1. The second-order valence-corrected chi connectivity index (χ2v) is 7.17. The van der Waals surface area contributed by atoms with Crippen LogP contribution in [0, 0.1) is 6.92 Å². The lowest BCUT2D eigenvalue weighted by Gasteiger charge is -2.30. The summed E-state index contributed by atoms with van der Waals surface area (Å²) in [6.45, 7) is 7.97. The van der Waals surface area contributed by atoms with E-state index in [0.717, 1.165) is 60.7 Å². The molecule has 0 atom stereocenters. The highest BCUT2D eigenvalue weighted by molar-refractivity contribution is 5.66. The quantitative estimate of drug-likeness (QED) is 0.756. The molecule has 0 aliphatic carbocycles. The van der Waals surface area contributed by atoms with Gasteiger partial charge in [-0.15, -0.1) is 0 Å². The predicted octanol–water partition coefficient (Wildman–Crippen LogP) is 2.65. The van der Waals surface area contributed by atoms with E-state index in [1.807, 2.05) is 24.4 Å². The number of hydrogen-bond donors (Lipinski definition) is 1. The molecule has 0 amide bonds. The molecule has 1 aliphatic rings. The van der Waals surface area contributed by atoms with Gasteiger partial charge in [-0.25, -0.2) is 4.98 Å². The number of nitrogens with zero attached hydrogens (tertiary/aromatic N) is 3. The van der Waals surface area contributed by atoms with Crippen molar-refractivity contribution in [2.75, 3.05) is 38.2 Å². The van der Waals surface area contributed by atoms with Crippen LogP contribution in [0.4, 0.5) is 5.69 Å². The first-order chi connectivity index (χ1) is 13.6. The maximum atomic E-state index is 12.9. The van der Waals surface area contributed by atoms with E-state index in [-0.39, 0.29) is 5.56 Å². The van der Waals surface area contributed by atoms with Gasteiger partial charge in [-0.05, 0) is 48.7 Å². The molecule has 1 fully saturated rings. The molecular weight excluding hydrogens is 352 g/mol. The van der Waals surface area contributed by atoms with E-state index in [4.69, 9.17) is 9.72 Å². The second-order valence-electron chi connectivity index (χ2n) is 7.17. The van der Waals surface area contributed by atoms with E-state index in [1.54, 1.807) is 17.6 Å². The molecular formula is C22H26N4O2. The highest BCUT2D eigenvalue weighted by Gasteiger charge is 2.15. The lowest BCUT2D eigenvalue weighted by molar-refractivity contribution is 0.410. The Morgan fingerprint density at radius 3 is 2.68 bits per heavy atom. The SMILES string of the molecule is CCc1cc(-c2cc(=O)n3cc(N4CCNCC4)c(C)cc3n2)ccc1OC. The number of aromatic nitrogens is 2. The Morgan fingerprint density at radius 1 is 1.18 bits per heavy atom. The van der Waals surface area contributed by atoms with E-state index in [2.05, 4.69) is 30.1 Å². The summed E-state index contributed by atoms with van der Waals surface area (Å²) >= 11 is 0. The molecule has 1 N–H and O–H groups in total. The van der Waals surface area contributed by atoms with Crippen molar-refractivity contribution in [2.24, 2.45) is 0 Å². The largest absolute Gasteiger partial charge is 0.496 e. The number of rotatable bonds is 4. The first-order valence-corrected chi connectivity index (χ1v) is 9.77. The van der Waals surface area contributed by atoms with Crippen LogP contribution < -0.4 is 20.5 Å². The van der Waals surface area contributed by atoms with E-state index in [0.29, 0.717) is 11.3 Å². The zero-order chi connectivity index (χ0) is 19.7. The van der Waals surface area contributed by atoms with Crippen LogP contribution in [0.1, 0.15) is 18.1 Å². The number of benzene rings is 1. The molecule has 1 aliphatic heterocycles. The Bertz CT molecular complexity index is 1070. The maximum Gasteiger partial charge on any atom is 0.258 e. The standard InChI is InChI=1S/C22H26N4O2/c1-4-16-12-17(5-6-20(16)28-3)18-13-22(27)26-14-19(15(2)11-21(26)24-18)25-9-7-23-8-10-25/h5-6,11-14,23H,4,7-10H2,1-3H3. The molecule has 3 aromatic rings. The summed E-state index contributed by atoms with van der Waals surface area (Å²) in [7, 11) is 1.67. The highest BCUT2D eigenvalue weighted by atomic mass is 16.5. The number of aryl methyl sites for hydroxylation is 2. The van der Waals surface area contributed by atoms with Gasteiger partial charge in [-0.2, -0.15) is 0 Å². The smallest absolute Gasteiger partial charge is 0.258 e. The van der Waals surface area contributed by atoms with Crippen LogP contribution >= 0.6 is 0 Å². The van der Waals surface area contributed by atoms with Gasteiger partial charge < -0.3 is 15.0 Å². The minimum Gasteiger partial charge on any atom is -0.496 e. The number of nitrogens with one attached hydrogen (secondary N) is 1. The number of fused-ring (bicyclic) bond motifs is 1. The summed E-state index contributed by atoms with van der Waals surface area (Å²) in [6, 6.07) is 9.57. The fourth-order valence-electron chi connectivity index (χ4n) is 3.83. The molecule has 2 aromatic heterocycles. The number of methoxy groups -OCH3 is 1. The molecule has 0 bridgehead atoms. The minimum absolute atomic E-state index is 0.0646. The van der Waals surface area contributed by atoms with Crippen molar-refractivity contribution in [1.82, 2.24) is 14.7 Å². The number of hydrogen-bond acceptors (Lipinski definition) is 5. The normalized spacial score (nSPS) is 14.5. The van der Waals surface area contributed by atoms with Gasteiger partial charge in [0.15, 0.2) is 0 Å². The summed E-state index contributed by atoms with van der Waals surface area (Å²) in [6.07, 6.45) is 2.79. The molecule has 1 saturated heterocycles. The lowest BCUT2D eigenvalue weighted by atomic mass is 10.0. The molecule has 6 heteroatoms. The van der Waals surface area contributed by atoms with Gasteiger partial charge in [0.1, 0.15) is 11.4 Å². The fourth-order valence-corrected chi connectivity index (χ4v) is 3.83. The summed E-state index contributed by atoms with van der Waals surface area (Å²) in [5.74, 6) is 0.861. The Labute approximate surface area is 164 Å². The molecule has 0 unspecified atom stereocenters. The maximum absolute atomic E-state index is 12.9. The third-order valence-electron chi connectivity index (χ3n) is 5.40. The third kappa shape index (κ3) is 3.36. The average molecular weight is 378 g/mol. The van der Waals surface area contributed by atoms with E-state index < -0.39 is 0 Å². The van der Waals surface area contributed by atoms with Gasteiger partial charge in [0.25, 0.3) is 5.56 Å². The number of piperazine rings is 1. The van der Waals surface area contributed by atoms with Crippen molar-refractivity contribution in [2.45, 2.75) is 20.3 Å². The Kier molecular flexibility index (Phi) is 5.05. The molecule has 0 spiro atoms. The topological polar surface area (TPSA) is 58.9 Å². The van der Waals surface area contributed by atoms with E-state index >= 15 is 0 Å². The molecule has 146 valence electrons. The average Bonchev–Trinajstić information content (AvgIpc) is 2.73. The Morgan fingerprint density at radius 2 is 1.96 bits per heavy atom. The highest BCUT2D eigenvalue weighted by Crippen LogP contribution is 2.27. The fraction of sp³-hybridized carbons (Fsp3) is 0.364.